The largest absolute Gasteiger partial charge is 0.492 e. The van der Waals surface area contributed by atoms with Gasteiger partial charge in [-0.25, -0.2) is 0 Å². The van der Waals surface area contributed by atoms with Crippen molar-refractivity contribution in [3.05, 3.63) is 24.3 Å². The van der Waals surface area contributed by atoms with Gasteiger partial charge in [0.05, 0.1) is 0 Å². The van der Waals surface area contributed by atoms with E-state index in [-0.39, 0.29) is 11.3 Å². The van der Waals surface area contributed by atoms with E-state index >= 15 is 0 Å². The van der Waals surface area contributed by atoms with E-state index in [1.54, 1.807) is 0 Å². The number of anilines is 1. The molecule has 0 radical (unpaired) electrons. The Morgan fingerprint density at radius 1 is 1.22 bits per heavy atom. The minimum Gasteiger partial charge on any atom is -0.492 e. The highest BCUT2D eigenvalue weighted by molar-refractivity contribution is 5.94. The predicted molar refractivity (Wildman–Crippen MR) is 94.9 cm³/mol. The summed E-state index contributed by atoms with van der Waals surface area (Å²) in [5.41, 5.74) is 0.420. The monoisotopic (exact) mass is 318 g/mol. The van der Waals surface area contributed by atoms with Gasteiger partial charge in [-0.3, -0.25) is 9.69 Å². The van der Waals surface area contributed by atoms with Crippen LogP contribution in [-0.4, -0.2) is 37.0 Å². The van der Waals surface area contributed by atoms with Crippen LogP contribution >= 0.6 is 0 Å². The summed E-state index contributed by atoms with van der Waals surface area (Å²) in [5.74, 6) is 1.73. The van der Waals surface area contributed by atoms with Crippen LogP contribution in [0, 0.1) is 11.3 Å². The zero-order chi connectivity index (χ0) is 16.9. The molecule has 1 aromatic rings. The number of carbonyl (C=O) groups is 1. The van der Waals surface area contributed by atoms with Crippen molar-refractivity contribution in [2.45, 2.75) is 40.5 Å². The molecule has 1 aromatic carbocycles. The van der Waals surface area contributed by atoms with Gasteiger partial charge in [0.1, 0.15) is 12.4 Å². The normalized spacial score (nSPS) is 17.0. The van der Waals surface area contributed by atoms with Crippen molar-refractivity contribution in [1.29, 1.82) is 0 Å². The molecule has 4 heteroatoms. The molecule has 1 fully saturated rings. The first-order valence-electron chi connectivity index (χ1n) is 8.61. The van der Waals surface area contributed by atoms with Crippen LogP contribution in [0.1, 0.15) is 40.5 Å². The van der Waals surface area contributed by atoms with Crippen molar-refractivity contribution in [1.82, 2.24) is 4.90 Å². The maximum absolute atomic E-state index is 11.9. The van der Waals surface area contributed by atoms with Gasteiger partial charge in [0, 0.05) is 17.6 Å². The number of piperidine rings is 1. The highest BCUT2D eigenvalue weighted by Crippen LogP contribution is 2.20. The molecule has 0 saturated carbocycles. The number of rotatable bonds is 5. The lowest BCUT2D eigenvalue weighted by atomic mass is 9.95. The fourth-order valence-corrected chi connectivity index (χ4v) is 2.53. The van der Waals surface area contributed by atoms with Crippen LogP contribution in [0.3, 0.4) is 0 Å². The summed E-state index contributed by atoms with van der Waals surface area (Å²) in [7, 11) is 0. The predicted octanol–water partition coefficient (Wildman–Crippen LogP) is 3.78. The Labute approximate surface area is 140 Å². The lowest BCUT2D eigenvalue weighted by molar-refractivity contribution is -0.123. The molecule has 128 valence electrons. The molecule has 0 unspecified atom stereocenters. The van der Waals surface area contributed by atoms with Crippen LogP contribution in [0.4, 0.5) is 5.69 Å². The number of ether oxygens (including phenoxy) is 1. The van der Waals surface area contributed by atoms with E-state index in [2.05, 4.69) is 17.1 Å². The van der Waals surface area contributed by atoms with Crippen LogP contribution in [0.15, 0.2) is 24.3 Å². The molecule has 4 nitrogen and oxygen atoms in total. The van der Waals surface area contributed by atoms with Gasteiger partial charge in [-0.2, -0.15) is 0 Å². The topological polar surface area (TPSA) is 41.6 Å². The third-order valence-corrected chi connectivity index (χ3v) is 4.35. The first-order chi connectivity index (χ1) is 10.8. The average molecular weight is 318 g/mol. The number of nitrogens with zero attached hydrogens (tertiary/aromatic N) is 1. The van der Waals surface area contributed by atoms with Crippen molar-refractivity contribution in [3.8, 4) is 5.75 Å². The molecular formula is C19H30N2O2. The molecule has 23 heavy (non-hydrogen) atoms. The summed E-state index contributed by atoms with van der Waals surface area (Å²) in [4.78, 5) is 14.4. The summed E-state index contributed by atoms with van der Waals surface area (Å²) in [6.45, 7) is 12.1. The van der Waals surface area contributed by atoms with Crippen molar-refractivity contribution in [2.24, 2.45) is 11.3 Å². The van der Waals surface area contributed by atoms with E-state index < -0.39 is 0 Å². The van der Waals surface area contributed by atoms with Gasteiger partial charge < -0.3 is 10.1 Å². The fraction of sp³-hybridized carbons (Fsp3) is 0.632. The van der Waals surface area contributed by atoms with Crippen LogP contribution in [-0.2, 0) is 4.79 Å². The summed E-state index contributed by atoms with van der Waals surface area (Å²) in [6, 6.07) is 7.61. The molecule has 1 N–H and O–H groups in total. The number of hydrogen-bond acceptors (Lipinski definition) is 3. The first kappa shape index (κ1) is 17.8. The molecule has 1 amide bonds. The second kappa shape index (κ2) is 7.82. The Hall–Kier alpha value is -1.55. The molecule has 0 aromatic heterocycles. The standard InChI is InChI=1S/C19H30N2O2/c1-15-9-11-21(12-10-15)13-14-23-17-7-5-16(6-8-17)20-18(22)19(2,3)4/h5-8,15H,9-14H2,1-4H3,(H,20,22). The molecule has 0 bridgehead atoms. The Morgan fingerprint density at radius 2 is 1.83 bits per heavy atom. The summed E-state index contributed by atoms with van der Waals surface area (Å²) < 4.78 is 5.81. The van der Waals surface area contributed by atoms with E-state index in [1.165, 1.54) is 25.9 Å². The van der Waals surface area contributed by atoms with Crippen LogP contribution in [0.2, 0.25) is 0 Å². The molecule has 0 aliphatic carbocycles. The van der Waals surface area contributed by atoms with Gasteiger partial charge in [-0.15, -0.1) is 0 Å². The van der Waals surface area contributed by atoms with E-state index in [0.29, 0.717) is 6.61 Å². The number of likely N-dealkylation sites (tertiary alicyclic amines) is 1. The van der Waals surface area contributed by atoms with Gasteiger partial charge in [0.15, 0.2) is 0 Å². The smallest absolute Gasteiger partial charge is 0.229 e. The SMILES string of the molecule is CC1CCN(CCOc2ccc(NC(=O)C(C)(C)C)cc2)CC1. The highest BCUT2D eigenvalue weighted by Gasteiger charge is 2.21. The first-order valence-corrected chi connectivity index (χ1v) is 8.61. The van der Waals surface area contributed by atoms with Crippen LogP contribution < -0.4 is 10.1 Å². The summed E-state index contributed by atoms with van der Waals surface area (Å²) in [6.07, 6.45) is 2.59. The van der Waals surface area contributed by atoms with Crippen molar-refractivity contribution in [2.75, 3.05) is 31.6 Å². The van der Waals surface area contributed by atoms with Crippen molar-refractivity contribution < 1.29 is 9.53 Å². The molecule has 1 saturated heterocycles. The number of benzene rings is 1. The van der Waals surface area contributed by atoms with Gasteiger partial charge in [-0.1, -0.05) is 27.7 Å². The van der Waals surface area contributed by atoms with Crippen molar-refractivity contribution >= 4 is 11.6 Å². The van der Waals surface area contributed by atoms with E-state index in [1.807, 2.05) is 45.0 Å². The third-order valence-electron chi connectivity index (χ3n) is 4.35. The number of hydrogen-bond donors (Lipinski definition) is 1. The Kier molecular flexibility index (Phi) is 6.05. The van der Waals surface area contributed by atoms with Gasteiger partial charge >= 0.3 is 0 Å². The Bertz CT molecular complexity index is 497. The molecule has 0 spiro atoms. The summed E-state index contributed by atoms with van der Waals surface area (Å²) >= 11 is 0. The maximum atomic E-state index is 11.9. The van der Waals surface area contributed by atoms with Gasteiger partial charge in [-0.05, 0) is 56.1 Å². The Balaban J connectivity index is 1.73. The van der Waals surface area contributed by atoms with Gasteiger partial charge in [0.2, 0.25) is 5.91 Å². The van der Waals surface area contributed by atoms with Crippen LogP contribution in [0.25, 0.3) is 0 Å². The maximum Gasteiger partial charge on any atom is 0.229 e. The van der Waals surface area contributed by atoms with Crippen molar-refractivity contribution in [3.63, 3.8) is 0 Å². The van der Waals surface area contributed by atoms with E-state index in [0.717, 1.165) is 23.9 Å². The molecule has 1 aliphatic heterocycles. The second-order valence-corrected chi connectivity index (χ2v) is 7.60. The fourth-order valence-electron chi connectivity index (χ4n) is 2.53. The number of carbonyl (C=O) groups excluding carboxylic acids is 1. The lowest BCUT2D eigenvalue weighted by Crippen LogP contribution is -2.35. The molecule has 1 heterocycles. The van der Waals surface area contributed by atoms with Crippen LogP contribution in [0.5, 0.6) is 5.75 Å². The molecular weight excluding hydrogens is 288 g/mol. The second-order valence-electron chi connectivity index (χ2n) is 7.60. The molecule has 0 atom stereocenters. The zero-order valence-electron chi connectivity index (χ0n) is 14.9. The third kappa shape index (κ3) is 5.87. The average Bonchev–Trinajstić information content (AvgIpc) is 2.50. The molecule has 1 aliphatic rings. The van der Waals surface area contributed by atoms with E-state index in [9.17, 15) is 4.79 Å². The quantitative estimate of drug-likeness (QED) is 0.898. The Morgan fingerprint density at radius 3 is 2.39 bits per heavy atom. The minimum absolute atomic E-state index is 0.0190. The highest BCUT2D eigenvalue weighted by atomic mass is 16.5. The molecule has 2 rings (SSSR count). The van der Waals surface area contributed by atoms with E-state index in [4.69, 9.17) is 4.74 Å². The minimum atomic E-state index is -0.388. The number of amides is 1. The van der Waals surface area contributed by atoms with Gasteiger partial charge in [0.25, 0.3) is 0 Å². The lowest BCUT2D eigenvalue weighted by Gasteiger charge is -2.29. The zero-order valence-corrected chi connectivity index (χ0v) is 14.9. The summed E-state index contributed by atoms with van der Waals surface area (Å²) in [5, 5.41) is 2.92. The number of nitrogens with one attached hydrogen (secondary N) is 1.